The molecule has 0 bridgehead atoms. The maximum Gasteiger partial charge on any atom is 0.245 e. The van der Waals surface area contributed by atoms with Gasteiger partial charge in [-0.05, 0) is 46.5 Å². The fraction of sp³-hybridized carbons (Fsp3) is 0.667. The molecule has 1 heterocycles. The normalized spacial score (nSPS) is 23.3. The summed E-state index contributed by atoms with van der Waals surface area (Å²) in [5.41, 5.74) is 0.763. The van der Waals surface area contributed by atoms with E-state index in [-0.39, 0.29) is 17.2 Å². The minimum absolute atomic E-state index is 0.0255. The molecular weight excluding hydrogens is 356 g/mol. The van der Waals surface area contributed by atoms with E-state index < -0.39 is 27.6 Å². The summed E-state index contributed by atoms with van der Waals surface area (Å²) < 4.78 is 22.3. The summed E-state index contributed by atoms with van der Waals surface area (Å²) in [6.07, 6.45) is 2.73. The van der Waals surface area contributed by atoms with Crippen molar-refractivity contribution in [3.8, 4) is 0 Å². The molecular formula is C18H28N2O5S. The smallest absolute Gasteiger partial charge is 0.245 e. The topological polar surface area (TPSA) is 102 Å². The van der Waals surface area contributed by atoms with Gasteiger partial charge in [-0.2, -0.15) is 0 Å². The van der Waals surface area contributed by atoms with E-state index in [1.165, 1.54) is 6.07 Å². The highest BCUT2D eigenvalue weighted by Gasteiger charge is 2.40. The van der Waals surface area contributed by atoms with Crippen molar-refractivity contribution in [3.63, 3.8) is 0 Å². The minimum Gasteiger partial charge on any atom is -0.389 e. The van der Waals surface area contributed by atoms with Crippen LogP contribution in [0.3, 0.4) is 0 Å². The van der Waals surface area contributed by atoms with Crippen molar-refractivity contribution < 1.29 is 23.4 Å². The zero-order valence-electron chi connectivity index (χ0n) is 15.8. The molecule has 0 spiro atoms. The number of aromatic nitrogens is 1. The Morgan fingerprint density at radius 2 is 2.08 bits per heavy atom. The van der Waals surface area contributed by atoms with Gasteiger partial charge in [0.1, 0.15) is 10.4 Å². The van der Waals surface area contributed by atoms with Gasteiger partial charge < -0.3 is 14.4 Å². The van der Waals surface area contributed by atoms with Crippen molar-refractivity contribution >= 4 is 28.2 Å². The van der Waals surface area contributed by atoms with Gasteiger partial charge in [-0.15, -0.1) is 0 Å². The monoisotopic (exact) mass is 384 g/mol. The number of carbonyl (C=O) groups excluding carboxylic acids is 1. The zero-order valence-corrected chi connectivity index (χ0v) is 16.6. The number of nitrogens with zero attached hydrogens (tertiary/aromatic N) is 1. The van der Waals surface area contributed by atoms with Crippen molar-refractivity contribution in [3.05, 3.63) is 18.3 Å². The number of ether oxygens (including phenoxy) is 1. The first-order valence-corrected chi connectivity index (χ1v) is 9.97. The molecule has 7 nitrogen and oxygen atoms in total. The number of aliphatic hydroxyl groups is 1. The average Bonchev–Trinajstić information content (AvgIpc) is 3.08. The van der Waals surface area contributed by atoms with Crippen molar-refractivity contribution in [1.82, 2.24) is 5.16 Å². The van der Waals surface area contributed by atoms with Crippen molar-refractivity contribution in [2.24, 2.45) is 0 Å². The van der Waals surface area contributed by atoms with E-state index in [2.05, 4.69) is 17.1 Å². The molecule has 0 aromatic carbocycles. The van der Waals surface area contributed by atoms with E-state index in [1.807, 2.05) is 0 Å². The highest BCUT2D eigenvalue weighted by molar-refractivity contribution is 7.87. The van der Waals surface area contributed by atoms with Crippen LogP contribution in [0.25, 0.3) is 5.57 Å². The van der Waals surface area contributed by atoms with Crippen LogP contribution in [-0.4, -0.2) is 49.7 Å². The number of hydrogen-bond acceptors (Lipinski definition) is 6. The molecule has 0 radical (unpaired) electrons. The van der Waals surface area contributed by atoms with E-state index in [0.29, 0.717) is 11.3 Å². The Balaban J connectivity index is 2.01. The average molecular weight is 384 g/mol. The molecule has 8 heteroatoms. The minimum atomic E-state index is -1.33. The zero-order chi connectivity index (χ0) is 19.5. The SMILES string of the molecule is C=C(c1cc(NC(=O)C(C)(C)S(=O)C2CCC(OC)CC2)on1)[C@H](C)O. The number of aliphatic hydroxyl groups excluding tert-OH is 1. The summed E-state index contributed by atoms with van der Waals surface area (Å²) in [4.78, 5) is 12.7. The lowest BCUT2D eigenvalue weighted by molar-refractivity contribution is -0.117. The second kappa shape index (κ2) is 8.45. The highest BCUT2D eigenvalue weighted by Crippen LogP contribution is 2.30. The van der Waals surface area contributed by atoms with Crippen molar-refractivity contribution in [1.29, 1.82) is 0 Å². The van der Waals surface area contributed by atoms with Crippen molar-refractivity contribution in [2.75, 3.05) is 12.4 Å². The van der Waals surface area contributed by atoms with Gasteiger partial charge in [0, 0.05) is 34.8 Å². The molecule has 1 fully saturated rings. The Morgan fingerprint density at radius 1 is 1.46 bits per heavy atom. The number of anilines is 1. The lowest BCUT2D eigenvalue weighted by Crippen LogP contribution is -2.46. The third kappa shape index (κ3) is 4.61. The molecule has 1 saturated carbocycles. The summed E-state index contributed by atoms with van der Waals surface area (Å²) in [6.45, 7) is 8.64. The lowest BCUT2D eigenvalue weighted by Gasteiger charge is -2.32. The van der Waals surface area contributed by atoms with Crippen LogP contribution in [0, 0.1) is 0 Å². The van der Waals surface area contributed by atoms with Gasteiger partial charge in [0.05, 0.1) is 12.2 Å². The predicted octanol–water partition coefficient (Wildman–Crippen LogP) is 2.49. The van der Waals surface area contributed by atoms with Crippen LogP contribution < -0.4 is 5.32 Å². The van der Waals surface area contributed by atoms with Gasteiger partial charge in [-0.3, -0.25) is 14.3 Å². The Bertz CT molecular complexity index is 675. The maximum atomic E-state index is 13.0. The van der Waals surface area contributed by atoms with Gasteiger partial charge in [-0.1, -0.05) is 11.7 Å². The second-order valence-electron chi connectivity index (χ2n) is 7.17. The molecule has 26 heavy (non-hydrogen) atoms. The van der Waals surface area contributed by atoms with Crippen LogP contribution >= 0.6 is 0 Å². The number of amides is 1. The van der Waals surface area contributed by atoms with Crippen LogP contribution in [0.2, 0.25) is 0 Å². The van der Waals surface area contributed by atoms with Crippen LogP contribution in [-0.2, 0) is 20.3 Å². The highest BCUT2D eigenvalue weighted by atomic mass is 32.2. The molecule has 1 aliphatic carbocycles. The van der Waals surface area contributed by atoms with Gasteiger partial charge >= 0.3 is 0 Å². The molecule has 0 aliphatic heterocycles. The summed E-state index contributed by atoms with van der Waals surface area (Å²) in [7, 11) is 0.358. The summed E-state index contributed by atoms with van der Waals surface area (Å²) >= 11 is 0. The summed E-state index contributed by atoms with van der Waals surface area (Å²) in [5, 5.41) is 15.9. The molecule has 146 valence electrons. The Kier molecular flexibility index (Phi) is 6.76. The molecule has 1 amide bonds. The summed E-state index contributed by atoms with van der Waals surface area (Å²) in [5.74, 6) is -0.255. The molecule has 1 aromatic rings. The molecule has 2 atom stereocenters. The van der Waals surface area contributed by atoms with Gasteiger partial charge in [-0.25, -0.2) is 0 Å². The van der Waals surface area contributed by atoms with Crippen molar-refractivity contribution in [2.45, 2.75) is 68.7 Å². The van der Waals surface area contributed by atoms with E-state index in [4.69, 9.17) is 9.26 Å². The van der Waals surface area contributed by atoms with Crippen LogP contribution in [0.15, 0.2) is 17.2 Å². The van der Waals surface area contributed by atoms with E-state index in [0.717, 1.165) is 25.7 Å². The summed E-state index contributed by atoms with van der Waals surface area (Å²) in [6, 6.07) is 1.50. The Hall–Kier alpha value is -1.51. The van der Waals surface area contributed by atoms with Crippen LogP contribution in [0.4, 0.5) is 5.88 Å². The third-order valence-electron chi connectivity index (χ3n) is 4.89. The Labute approximate surface area is 156 Å². The van der Waals surface area contributed by atoms with Crippen LogP contribution in [0.5, 0.6) is 0 Å². The molecule has 2 N–H and O–H groups in total. The standard InChI is InChI=1S/C18H28N2O5S/c1-11(12(2)21)15-10-16(25-20-15)19-17(22)18(3,4)26(23)14-8-6-13(24-5)7-9-14/h10,12-14,21H,1,6-9H2,2-5H3,(H,19,22)/t12-,13?,14?,26?/m0/s1. The van der Waals surface area contributed by atoms with Gasteiger partial charge in [0.15, 0.2) is 0 Å². The number of hydrogen-bond donors (Lipinski definition) is 2. The fourth-order valence-corrected chi connectivity index (χ4v) is 4.72. The first kappa shape index (κ1) is 20.8. The quantitative estimate of drug-likeness (QED) is 0.749. The largest absolute Gasteiger partial charge is 0.389 e. The van der Waals surface area contributed by atoms with E-state index in [1.54, 1.807) is 27.9 Å². The van der Waals surface area contributed by atoms with Gasteiger partial charge in [0.25, 0.3) is 0 Å². The first-order chi connectivity index (χ1) is 12.2. The molecule has 0 saturated heterocycles. The molecule has 2 rings (SSSR count). The molecule has 1 aromatic heterocycles. The number of carbonyl (C=O) groups is 1. The fourth-order valence-electron chi connectivity index (χ4n) is 2.95. The second-order valence-corrected chi connectivity index (χ2v) is 9.46. The number of methoxy groups -OCH3 is 1. The predicted molar refractivity (Wildman–Crippen MR) is 101 cm³/mol. The molecule has 1 aliphatic rings. The van der Waals surface area contributed by atoms with E-state index in [9.17, 15) is 14.1 Å². The number of rotatable bonds is 7. The third-order valence-corrected chi connectivity index (χ3v) is 7.16. The number of nitrogens with one attached hydrogen (secondary N) is 1. The maximum absolute atomic E-state index is 13.0. The first-order valence-electron chi connectivity index (χ1n) is 8.75. The Morgan fingerprint density at radius 3 is 2.62 bits per heavy atom. The molecule has 1 unspecified atom stereocenters. The van der Waals surface area contributed by atoms with Gasteiger partial charge in [0.2, 0.25) is 11.8 Å². The van der Waals surface area contributed by atoms with Crippen LogP contribution in [0.1, 0.15) is 52.1 Å². The lowest BCUT2D eigenvalue weighted by atomic mass is 9.97. The van der Waals surface area contributed by atoms with E-state index >= 15 is 0 Å².